The zero-order chi connectivity index (χ0) is 9.97. The Morgan fingerprint density at radius 1 is 1.50 bits per heavy atom. The van der Waals surface area contributed by atoms with Gasteiger partial charge in [-0.15, -0.1) is 0 Å². The van der Waals surface area contributed by atoms with Crippen LogP contribution in [0.25, 0.3) is 0 Å². The number of aromatic nitrogens is 2. The number of hydrogen-bond donors (Lipinski definition) is 0. The Kier molecular flexibility index (Phi) is 3.23. The van der Waals surface area contributed by atoms with E-state index >= 15 is 0 Å². The van der Waals surface area contributed by atoms with E-state index in [1.54, 1.807) is 0 Å². The van der Waals surface area contributed by atoms with E-state index in [2.05, 4.69) is 32.9 Å². The predicted molar refractivity (Wildman–Crippen MR) is 59.9 cm³/mol. The van der Waals surface area contributed by atoms with Crippen molar-refractivity contribution in [1.29, 1.82) is 0 Å². The highest BCUT2D eigenvalue weighted by Crippen LogP contribution is 2.16. The fraction of sp³-hybridized carbons (Fsp3) is 0.700. The Labute approximate surface area is 93.2 Å². The summed E-state index contributed by atoms with van der Waals surface area (Å²) in [7, 11) is 0. The quantitative estimate of drug-likeness (QED) is 0.811. The van der Waals surface area contributed by atoms with Crippen molar-refractivity contribution in [3.8, 4) is 0 Å². The number of hydrogen-bond acceptors (Lipinski definition) is 2. The maximum Gasteiger partial charge on any atom is 0.0929 e. The van der Waals surface area contributed by atoms with Crippen LogP contribution >= 0.6 is 15.9 Å². The molecule has 0 atom stereocenters. The van der Waals surface area contributed by atoms with E-state index in [4.69, 9.17) is 0 Å². The van der Waals surface area contributed by atoms with Crippen molar-refractivity contribution in [3.05, 3.63) is 16.9 Å². The average molecular weight is 258 g/mol. The zero-order valence-electron chi connectivity index (χ0n) is 8.49. The van der Waals surface area contributed by atoms with Gasteiger partial charge in [0.05, 0.1) is 17.3 Å². The number of rotatable bonds is 2. The minimum atomic E-state index is 0.899. The van der Waals surface area contributed by atoms with Gasteiger partial charge < -0.3 is 0 Å². The molecule has 0 N–H and O–H groups in total. The van der Waals surface area contributed by atoms with Crippen LogP contribution in [-0.4, -0.2) is 27.8 Å². The SMILES string of the molecule is CC1CCN(Cn2cc(Br)cn2)CC1. The molecule has 2 heterocycles. The second-order valence-corrected chi connectivity index (χ2v) is 5.06. The Balaban J connectivity index is 1.86. The van der Waals surface area contributed by atoms with Gasteiger partial charge in [0.1, 0.15) is 0 Å². The van der Waals surface area contributed by atoms with Crippen LogP contribution in [0.4, 0.5) is 0 Å². The third-order valence-corrected chi connectivity index (χ3v) is 3.23. The molecule has 1 saturated heterocycles. The van der Waals surface area contributed by atoms with Gasteiger partial charge in [0.2, 0.25) is 0 Å². The lowest BCUT2D eigenvalue weighted by atomic mass is 10.00. The summed E-state index contributed by atoms with van der Waals surface area (Å²) in [6.45, 7) is 5.68. The van der Waals surface area contributed by atoms with Crippen LogP contribution in [0.5, 0.6) is 0 Å². The predicted octanol–water partition coefficient (Wildman–Crippen LogP) is 2.33. The topological polar surface area (TPSA) is 21.1 Å². The van der Waals surface area contributed by atoms with Gasteiger partial charge in [0.15, 0.2) is 0 Å². The largest absolute Gasteiger partial charge is 0.284 e. The summed E-state index contributed by atoms with van der Waals surface area (Å²) in [6, 6.07) is 0. The van der Waals surface area contributed by atoms with Crippen molar-refractivity contribution < 1.29 is 0 Å². The molecule has 1 aromatic rings. The van der Waals surface area contributed by atoms with Gasteiger partial charge in [-0.3, -0.25) is 9.58 Å². The summed E-state index contributed by atoms with van der Waals surface area (Å²) >= 11 is 3.40. The average Bonchev–Trinajstić information content (AvgIpc) is 2.56. The molecule has 0 unspecified atom stereocenters. The molecule has 0 radical (unpaired) electrons. The smallest absolute Gasteiger partial charge is 0.0929 e. The van der Waals surface area contributed by atoms with Gasteiger partial charge in [0, 0.05) is 19.3 Å². The molecule has 1 fully saturated rings. The second-order valence-electron chi connectivity index (χ2n) is 4.14. The van der Waals surface area contributed by atoms with Crippen LogP contribution in [0.3, 0.4) is 0 Å². The third kappa shape index (κ3) is 2.58. The summed E-state index contributed by atoms with van der Waals surface area (Å²) in [5.41, 5.74) is 0. The number of halogens is 1. The summed E-state index contributed by atoms with van der Waals surface area (Å²) in [6.07, 6.45) is 6.51. The number of likely N-dealkylation sites (tertiary alicyclic amines) is 1. The molecule has 78 valence electrons. The molecule has 0 saturated carbocycles. The van der Waals surface area contributed by atoms with Crippen LogP contribution in [0.1, 0.15) is 19.8 Å². The molecular formula is C10H16BrN3. The molecule has 0 aromatic carbocycles. The van der Waals surface area contributed by atoms with Gasteiger partial charge in [-0.1, -0.05) is 6.92 Å². The minimum absolute atomic E-state index is 0.899. The Hall–Kier alpha value is -0.350. The summed E-state index contributed by atoms with van der Waals surface area (Å²) in [5.74, 6) is 0.899. The molecule has 14 heavy (non-hydrogen) atoms. The monoisotopic (exact) mass is 257 g/mol. The molecule has 1 aliphatic rings. The van der Waals surface area contributed by atoms with E-state index in [1.165, 1.54) is 25.9 Å². The maximum atomic E-state index is 4.26. The van der Waals surface area contributed by atoms with E-state index < -0.39 is 0 Å². The second kappa shape index (κ2) is 4.45. The first kappa shape index (κ1) is 10.2. The van der Waals surface area contributed by atoms with E-state index in [9.17, 15) is 0 Å². The molecule has 4 heteroatoms. The summed E-state index contributed by atoms with van der Waals surface area (Å²) in [5, 5.41) is 4.26. The Morgan fingerprint density at radius 2 is 2.21 bits per heavy atom. The first-order chi connectivity index (χ1) is 6.74. The van der Waals surface area contributed by atoms with Crippen molar-refractivity contribution in [2.24, 2.45) is 5.92 Å². The van der Waals surface area contributed by atoms with Crippen molar-refractivity contribution in [2.45, 2.75) is 26.4 Å². The first-order valence-corrected chi connectivity index (χ1v) is 5.93. The Morgan fingerprint density at radius 3 is 2.79 bits per heavy atom. The molecule has 1 aliphatic heterocycles. The molecule has 0 aliphatic carbocycles. The van der Waals surface area contributed by atoms with Gasteiger partial charge in [-0.25, -0.2) is 0 Å². The van der Waals surface area contributed by atoms with E-state index in [0.29, 0.717) is 0 Å². The van der Waals surface area contributed by atoms with Crippen molar-refractivity contribution in [2.75, 3.05) is 13.1 Å². The lowest BCUT2D eigenvalue weighted by Gasteiger charge is -2.29. The van der Waals surface area contributed by atoms with Gasteiger partial charge >= 0.3 is 0 Å². The highest BCUT2D eigenvalue weighted by atomic mass is 79.9. The fourth-order valence-corrected chi connectivity index (χ4v) is 2.15. The van der Waals surface area contributed by atoms with Crippen LogP contribution in [0, 0.1) is 5.92 Å². The molecule has 1 aromatic heterocycles. The van der Waals surface area contributed by atoms with Crippen LogP contribution in [0.2, 0.25) is 0 Å². The van der Waals surface area contributed by atoms with Crippen LogP contribution in [0.15, 0.2) is 16.9 Å². The van der Waals surface area contributed by atoms with Crippen LogP contribution in [-0.2, 0) is 6.67 Å². The molecule has 0 bridgehead atoms. The fourth-order valence-electron chi connectivity index (χ4n) is 1.82. The molecule has 3 nitrogen and oxygen atoms in total. The van der Waals surface area contributed by atoms with E-state index in [-0.39, 0.29) is 0 Å². The van der Waals surface area contributed by atoms with E-state index in [1.807, 2.05) is 17.1 Å². The van der Waals surface area contributed by atoms with Crippen molar-refractivity contribution >= 4 is 15.9 Å². The molecule has 0 spiro atoms. The van der Waals surface area contributed by atoms with E-state index in [0.717, 1.165) is 17.1 Å². The van der Waals surface area contributed by atoms with Gasteiger partial charge in [-0.2, -0.15) is 5.10 Å². The highest BCUT2D eigenvalue weighted by Gasteiger charge is 2.15. The lowest BCUT2D eigenvalue weighted by molar-refractivity contribution is 0.147. The lowest BCUT2D eigenvalue weighted by Crippen LogP contribution is -2.34. The molecule has 2 rings (SSSR count). The number of piperidine rings is 1. The van der Waals surface area contributed by atoms with Crippen LogP contribution < -0.4 is 0 Å². The molecule has 0 amide bonds. The van der Waals surface area contributed by atoms with Crippen molar-refractivity contribution in [1.82, 2.24) is 14.7 Å². The minimum Gasteiger partial charge on any atom is -0.284 e. The molecular weight excluding hydrogens is 242 g/mol. The number of nitrogens with zero attached hydrogens (tertiary/aromatic N) is 3. The van der Waals surface area contributed by atoms with Gasteiger partial charge in [-0.05, 0) is 34.7 Å². The summed E-state index contributed by atoms with van der Waals surface area (Å²) in [4.78, 5) is 2.46. The standard InChI is InChI=1S/C10H16BrN3/c1-9-2-4-13(5-3-9)8-14-7-10(11)6-12-14/h6-7,9H,2-5,8H2,1H3. The Bertz CT molecular complexity index is 289. The maximum absolute atomic E-state index is 4.26. The highest BCUT2D eigenvalue weighted by molar-refractivity contribution is 9.10. The normalized spacial score (nSPS) is 20.1. The van der Waals surface area contributed by atoms with Gasteiger partial charge in [0.25, 0.3) is 0 Å². The van der Waals surface area contributed by atoms with Crippen molar-refractivity contribution in [3.63, 3.8) is 0 Å². The first-order valence-electron chi connectivity index (χ1n) is 5.14. The zero-order valence-corrected chi connectivity index (χ0v) is 10.1. The summed E-state index contributed by atoms with van der Waals surface area (Å²) < 4.78 is 3.04. The third-order valence-electron chi connectivity index (χ3n) is 2.82.